The molecule has 0 aliphatic carbocycles. The summed E-state index contributed by atoms with van der Waals surface area (Å²) in [5, 5.41) is 5.79. The van der Waals surface area contributed by atoms with Gasteiger partial charge in [0.2, 0.25) is 0 Å². The summed E-state index contributed by atoms with van der Waals surface area (Å²) in [7, 11) is 0. The van der Waals surface area contributed by atoms with Crippen molar-refractivity contribution in [3.8, 4) is 0 Å². The maximum absolute atomic E-state index is 13.3. The van der Waals surface area contributed by atoms with Gasteiger partial charge in [0.05, 0.1) is 18.5 Å². The van der Waals surface area contributed by atoms with E-state index in [4.69, 9.17) is 21.0 Å². The van der Waals surface area contributed by atoms with Crippen LogP contribution < -0.4 is 5.56 Å². The monoisotopic (exact) mass is 414 g/mol. The van der Waals surface area contributed by atoms with Crippen LogP contribution in [0.25, 0.3) is 11.0 Å². The summed E-state index contributed by atoms with van der Waals surface area (Å²) < 4.78 is 8.82. The van der Waals surface area contributed by atoms with E-state index in [1.807, 2.05) is 50.2 Å². The van der Waals surface area contributed by atoms with E-state index in [0.717, 1.165) is 11.3 Å². The van der Waals surface area contributed by atoms with E-state index in [9.17, 15) is 4.79 Å². The summed E-state index contributed by atoms with van der Waals surface area (Å²) in [6, 6.07) is 11.3. The fraction of sp³-hybridized carbons (Fsp3) is 0.250. The van der Waals surface area contributed by atoms with E-state index >= 15 is 0 Å². The molecule has 0 saturated carbocycles. The van der Waals surface area contributed by atoms with Gasteiger partial charge in [-0.25, -0.2) is 4.98 Å². The third-order valence-electron chi connectivity index (χ3n) is 4.49. The molecule has 3 heterocycles. The van der Waals surface area contributed by atoms with Crippen molar-refractivity contribution in [2.45, 2.75) is 37.8 Å². The number of nitrogens with zero attached hydrogens (tertiary/aromatic N) is 4. The number of fused-ring (bicyclic) bond motifs is 1. The second-order valence-corrected chi connectivity index (χ2v) is 7.69. The molecule has 0 aliphatic heterocycles. The highest BCUT2D eigenvalue weighted by Gasteiger charge is 2.19. The van der Waals surface area contributed by atoms with Gasteiger partial charge >= 0.3 is 0 Å². The Morgan fingerprint density at radius 2 is 2.04 bits per heavy atom. The largest absolute Gasteiger partial charge is 0.467 e. The molecule has 0 unspecified atom stereocenters. The summed E-state index contributed by atoms with van der Waals surface area (Å²) >= 11 is 7.77. The van der Waals surface area contributed by atoms with Crippen molar-refractivity contribution in [1.29, 1.82) is 0 Å². The highest BCUT2D eigenvalue weighted by atomic mass is 35.5. The SMILES string of the molecule is CCn1nc(C)c2nc(SCc3ccccc3Cl)n(Cc3ccco3)c(=O)c21. The molecule has 144 valence electrons. The van der Waals surface area contributed by atoms with Crippen molar-refractivity contribution in [2.75, 3.05) is 0 Å². The molecule has 28 heavy (non-hydrogen) atoms. The van der Waals surface area contributed by atoms with Crippen LogP contribution in [0.5, 0.6) is 0 Å². The van der Waals surface area contributed by atoms with Crippen LogP contribution in [0.3, 0.4) is 0 Å². The minimum atomic E-state index is -0.120. The Morgan fingerprint density at radius 1 is 1.21 bits per heavy atom. The average Bonchev–Trinajstić information content (AvgIpc) is 3.31. The van der Waals surface area contributed by atoms with Crippen LogP contribution in [0.2, 0.25) is 5.02 Å². The van der Waals surface area contributed by atoms with E-state index in [1.165, 1.54) is 11.8 Å². The first-order valence-corrected chi connectivity index (χ1v) is 10.3. The highest BCUT2D eigenvalue weighted by Crippen LogP contribution is 2.27. The smallest absolute Gasteiger partial charge is 0.280 e. The molecule has 4 rings (SSSR count). The van der Waals surface area contributed by atoms with Gasteiger partial charge in [-0.15, -0.1) is 0 Å². The zero-order chi connectivity index (χ0) is 19.7. The van der Waals surface area contributed by atoms with E-state index in [0.29, 0.717) is 45.8 Å². The number of aromatic nitrogens is 4. The second kappa shape index (κ2) is 7.85. The fourth-order valence-electron chi connectivity index (χ4n) is 3.08. The maximum Gasteiger partial charge on any atom is 0.280 e. The van der Waals surface area contributed by atoms with Gasteiger partial charge in [0, 0.05) is 17.3 Å². The molecule has 0 fully saturated rings. The number of hydrogen-bond donors (Lipinski definition) is 0. The molecule has 3 aromatic heterocycles. The van der Waals surface area contributed by atoms with E-state index in [-0.39, 0.29) is 5.56 Å². The van der Waals surface area contributed by atoms with Crippen molar-refractivity contribution in [1.82, 2.24) is 19.3 Å². The molecule has 8 heteroatoms. The van der Waals surface area contributed by atoms with Crippen LogP contribution in [0.4, 0.5) is 0 Å². The molecular weight excluding hydrogens is 396 g/mol. The molecule has 0 amide bonds. The number of rotatable bonds is 6. The lowest BCUT2D eigenvalue weighted by atomic mass is 10.2. The zero-order valence-corrected chi connectivity index (χ0v) is 17.1. The van der Waals surface area contributed by atoms with Gasteiger partial charge in [0.1, 0.15) is 11.3 Å². The van der Waals surface area contributed by atoms with Crippen molar-refractivity contribution >= 4 is 34.4 Å². The number of thioether (sulfide) groups is 1. The molecular formula is C20H19ClN4O2S. The quantitative estimate of drug-likeness (QED) is 0.343. The molecule has 0 N–H and O–H groups in total. The van der Waals surface area contributed by atoms with E-state index < -0.39 is 0 Å². The first-order valence-electron chi connectivity index (χ1n) is 8.95. The second-order valence-electron chi connectivity index (χ2n) is 6.34. The van der Waals surface area contributed by atoms with Crippen molar-refractivity contribution in [3.63, 3.8) is 0 Å². The minimum Gasteiger partial charge on any atom is -0.467 e. The summed E-state index contributed by atoms with van der Waals surface area (Å²) in [5.41, 5.74) is 2.79. The van der Waals surface area contributed by atoms with Crippen LogP contribution in [0, 0.1) is 6.92 Å². The summed E-state index contributed by atoms with van der Waals surface area (Å²) in [5.74, 6) is 1.30. The molecule has 1 aromatic carbocycles. The van der Waals surface area contributed by atoms with Crippen LogP contribution in [0.15, 0.2) is 57.0 Å². The first kappa shape index (κ1) is 18.8. The summed E-state index contributed by atoms with van der Waals surface area (Å²) in [6.07, 6.45) is 1.60. The van der Waals surface area contributed by atoms with Crippen LogP contribution in [0.1, 0.15) is 23.9 Å². The molecule has 0 bridgehead atoms. The molecule has 4 aromatic rings. The Kier molecular flexibility index (Phi) is 5.28. The minimum absolute atomic E-state index is 0.120. The third kappa shape index (κ3) is 3.47. The predicted molar refractivity (Wildman–Crippen MR) is 111 cm³/mol. The summed E-state index contributed by atoms with van der Waals surface area (Å²) in [6.45, 7) is 4.75. The van der Waals surface area contributed by atoms with Gasteiger partial charge in [-0.1, -0.05) is 41.6 Å². The van der Waals surface area contributed by atoms with E-state index in [2.05, 4.69) is 5.10 Å². The molecule has 0 atom stereocenters. The first-order chi connectivity index (χ1) is 13.6. The molecule has 0 saturated heterocycles. The molecule has 0 spiro atoms. The fourth-order valence-corrected chi connectivity index (χ4v) is 4.36. The van der Waals surface area contributed by atoms with Gasteiger partial charge in [0.25, 0.3) is 5.56 Å². The lowest BCUT2D eigenvalue weighted by Gasteiger charge is -2.12. The van der Waals surface area contributed by atoms with Crippen LogP contribution in [-0.4, -0.2) is 19.3 Å². The van der Waals surface area contributed by atoms with Crippen molar-refractivity contribution in [2.24, 2.45) is 0 Å². The average molecular weight is 415 g/mol. The Hall–Kier alpha value is -2.51. The number of benzene rings is 1. The van der Waals surface area contributed by atoms with Crippen LogP contribution in [-0.2, 0) is 18.8 Å². The highest BCUT2D eigenvalue weighted by molar-refractivity contribution is 7.98. The van der Waals surface area contributed by atoms with Gasteiger partial charge in [-0.2, -0.15) is 5.10 Å². The van der Waals surface area contributed by atoms with Gasteiger partial charge in [0.15, 0.2) is 10.7 Å². The number of furan rings is 1. The standard InChI is InChI=1S/C20H19ClN4O2S/c1-3-25-18-17(13(2)23-25)22-20(28-12-14-7-4-5-9-16(14)21)24(19(18)26)11-15-8-6-10-27-15/h4-10H,3,11-12H2,1-2H3. The Morgan fingerprint density at radius 3 is 2.75 bits per heavy atom. The third-order valence-corrected chi connectivity index (χ3v) is 5.88. The van der Waals surface area contributed by atoms with Gasteiger partial charge in [-0.05, 0) is 37.6 Å². The predicted octanol–water partition coefficient (Wildman–Crippen LogP) is 4.51. The van der Waals surface area contributed by atoms with Crippen LogP contribution >= 0.6 is 23.4 Å². The molecule has 0 radical (unpaired) electrons. The van der Waals surface area contributed by atoms with Gasteiger partial charge < -0.3 is 4.42 Å². The van der Waals surface area contributed by atoms with Crippen molar-refractivity contribution < 1.29 is 4.42 Å². The molecule has 0 aliphatic rings. The summed E-state index contributed by atoms with van der Waals surface area (Å²) in [4.78, 5) is 18.1. The Balaban J connectivity index is 1.82. The zero-order valence-electron chi connectivity index (χ0n) is 15.6. The lowest BCUT2D eigenvalue weighted by molar-refractivity contribution is 0.476. The van der Waals surface area contributed by atoms with Gasteiger partial charge in [-0.3, -0.25) is 14.0 Å². The van der Waals surface area contributed by atoms with Crippen molar-refractivity contribution in [3.05, 3.63) is 75.1 Å². The number of halogens is 1. The molecule has 6 nitrogen and oxygen atoms in total. The normalized spacial score (nSPS) is 11.4. The lowest BCUT2D eigenvalue weighted by Crippen LogP contribution is -2.25. The number of aryl methyl sites for hydroxylation is 2. The number of hydrogen-bond acceptors (Lipinski definition) is 5. The Labute approximate surface area is 171 Å². The maximum atomic E-state index is 13.3. The topological polar surface area (TPSA) is 65.8 Å². The van der Waals surface area contributed by atoms with E-state index in [1.54, 1.807) is 15.5 Å². The Bertz CT molecular complexity index is 1180.